The first kappa shape index (κ1) is 16.7. The number of methoxy groups -OCH3 is 1. The molecule has 0 aliphatic heterocycles. The number of anilines is 1. The number of carbonyl (C=O) groups excluding carboxylic acids is 1. The zero-order valence-corrected chi connectivity index (χ0v) is 14.2. The van der Waals surface area contributed by atoms with Gasteiger partial charge < -0.3 is 4.74 Å². The highest BCUT2D eigenvalue weighted by molar-refractivity contribution is 8.00. The van der Waals surface area contributed by atoms with Gasteiger partial charge in [0.25, 0.3) is 0 Å². The average molecular weight is 359 g/mol. The predicted octanol–water partition coefficient (Wildman–Crippen LogP) is 1.99. The normalized spacial score (nSPS) is 11.2. The number of sulfonamides is 1. The highest BCUT2D eigenvalue weighted by Gasteiger charge is 2.15. The van der Waals surface area contributed by atoms with E-state index < -0.39 is 16.0 Å². The number of hydrogen-bond donors (Lipinski definition) is 1. The number of thioether (sulfide) groups is 1. The molecule has 0 radical (unpaired) electrons. The van der Waals surface area contributed by atoms with E-state index in [1.54, 1.807) is 12.1 Å². The summed E-state index contributed by atoms with van der Waals surface area (Å²) < 4.78 is 31.8. The maximum atomic E-state index is 12.1. The van der Waals surface area contributed by atoms with E-state index in [1.165, 1.54) is 42.3 Å². The van der Waals surface area contributed by atoms with Crippen molar-refractivity contribution >= 4 is 44.2 Å². The van der Waals surface area contributed by atoms with Gasteiger partial charge in [-0.25, -0.2) is 13.2 Å². The first-order valence-electron chi connectivity index (χ1n) is 5.99. The fourth-order valence-electron chi connectivity index (χ4n) is 1.58. The Morgan fingerprint density at radius 3 is 2.55 bits per heavy atom. The van der Waals surface area contributed by atoms with Crippen LogP contribution in [0.4, 0.5) is 5.13 Å². The van der Waals surface area contributed by atoms with E-state index in [2.05, 4.69) is 19.7 Å². The minimum Gasteiger partial charge on any atom is -0.465 e. The van der Waals surface area contributed by atoms with Crippen molar-refractivity contribution in [3.05, 3.63) is 35.4 Å². The van der Waals surface area contributed by atoms with Crippen molar-refractivity contribution in [2.24, 2.45) is 0 Å². The Bertz CT molecular complexity index is 756. The molecule has 1 N–H and O–H groups in total. The summed E-state index contributed by atoms with van der Waals surface area (Å²) in [5.74, 6) is -0.686. The van der Waals surface area contributed by atoms with Gasteiger partial charge in [0.2, 0.25) is 15.2 Å². The van der Waals surface area contributed by atoms with Crippen LogP contribution in [0.1, 0.15) is 15.9 Å². The zero-order valence-electron chi connectivity index (χ0n) is 11.8. The van der Waals surface area contributed by atoms with Crippen molar-refractivity contribution in [2.45, 2.75) is 10.1 Å². The fourth-order valence-corrected chi connectivity index (χ4v) is 4.16. The summed E-state index contributed by atoms with van der Waals surface area (Å²) in [4.78, 5) is 11.3. The molecule has 0 aliphatic rings. The van der Waals surface area contributed by atoms with Gasteiger partial charge in [-0.1, -0.05) is 35.2 Å². The first-order valence-corrected chi connectivity index (χ1v) is 9.68. The molecule has 0 fully saturated rings. The molecular formula is C12H13N3O4S3. The molecular weight excluding hydrogens is 346 g/mol. The van der Waals surface area contributed by atoms with E-state index in [-0.39, 0.29) is 10.9 Å². The summed E-state index contributed by atoms with van der Waals surface area (Å²) in [7, 11) is -2.30. The fraction of sp³-hybridized carbons (Fsp3) is 0.250. The number of aromatic nitrogens is 2. The Morgan fingerprint density at radius 2 is 2.00 bits per heavy atom. The Hall–Kier alpha value is -1.65. The number of benzene rings is 1. The smallest absolute Gasteiger partial charge is 0.337 e. The van der Waals surface area contributed by atoms with Crippen LogP contribution in [0.3, 0.4) is 0 Å². The molecule has 22 heavy (non-hydrogen) atoms. The molecule has 7 nitrogen and oxygen atoms in total. The molecule has 0 saturated heterocycles. The Morgan fingerprint density at radius 1 is 1.32 bits per heavy atom. The highest BCUT2D eigenvalue weighted by Crippen LogP contribution is 2.24. The van der Waals surface area contributed by atoms with Crippen LogP contribution in [0.2, 0.25) is 0 Å². The minimum atomic E-state index is -3.59. The summed E-state index contributed by atoms with van der Waals surface area (Å²) >= 11 is 2.56. The molecule has 0 bridgehead atoms. The first-order chi connectivity index (χ1) is 10.4. The predicted molar refractivity (Wildman–Crippen MR) is 85.7 cm³/mol. The third-order valence-corrected chi connectivity index (χ3v) is 5.72. The van der Waals surface area contributed by atoms with Gasteiger partial charge in [0.05, 0.1) is 18.4 Å². The van der Waals surface area contributed by atoms with Crippen LogP contribution >= 0.6 is 23.1 Å². The van der Waals surface area contributed by atoms with E-state index in [1.807, 2.05) is 6.26 Å². The second-order valence-corrected chi connectivity index (χ2v) is 7.88. The molecule has 0 unspecified atom stereocenters. The molecule has 2 aromatic rings. The third-order valence-electron chi connectivity index (χ3n) is 2.56. The van der Waals surface area contributed by atoms with E-state index >= 15 is 0 Å². The number of nitrogens with zero attached hydrogens (tertiary/aromatic N) is 2. The van der Waals surface area contributed by atoms with Crippen LogP contribution in [0.5, 0.6) is 0 Å². The van der Waals surface area contributed by atoms with Gasteiger partial charge in [-0.05, 0) is 24.0 Å². The van der Waals surface area contributed by atoms with Crippen molar-refractivity contribution in [1.29, 1.82) is 0 Å². The Balaban J connectivity index is 2.06. The van der Waals surface area contributed by atoms with Crippen LogP contribution in [0.25, 0.3) is 0 Å². The molecule has 1 heterocycles. The highest BCUT2D eigenvalue weighted by atomic mass is 32.2. The summed E-state index contributed by atoms with van der Waals surface area (Å²) in [6, 6.07) is 6.18. The van der Waals surface area contributed by atoms with Crippen LogP contribution < -0.4 is 4.72 Å². The second-order valence-electron chi connectivity index (χ2n) is 4.13. The molecule has 0 amide bonds. The van der Waals surface area contributed by atoms with Gasteiger partial charge >= 0.3 is 5.97 Å². The number of nitrogens with one attached hydrogen (secondary N) is 1. The number of esters is 1. The lowest BCUT2D eigenvalue weighted by Gasteiger charge is -2.05. The van der Waals surface area contributed by atoms with E-state index in [9.17, 15) is 13.2 Å². The average Bonchev–Trinajstić information content (AvgIpc) is 2.93. The molecule has 10 heteroatoms. The summed E-state index contributed by atoms with van der Waals surface area (Å²) in [5, 5.41) is 7.81. The van der Waals surface area contributed by atoms with Gasteiger partial charge in [-0.3, -0.25) is 4.72 Å². The lowest BCUT2D eigenvalue weighted by Crippen LogP contribution is -2.15. The topological polar surface area (TPSA) is 98.2 Å². The van der Waals surface area contributed by atoms with Crippen molar-refractivity contribution in [1.82, 2.24) is 10.2 Å². The molecule has 2 rings (SSSR count). The monoisotopic (exact) mass is 359 g/mol. The standard InChI is InChI=1S/C12H13N3O4S3/c1-19-10(16)9-5-3-8(4-6-9)7-22(17,18)15-11-13-14-12(20-2)21-11/h3-6H,7H2,1-2H3,(H,13,15). The molecule has 0 spiro atoms. The van der Waals surface area contributed by atoms with Crippen molar-refractivity contribution in [3.8, 4) is 0 Å². The SMILES string of the molecule is COC(=O)c1ccc(CS(=O)(=O)Nc2nnc(SC)s2)cc1. The molecule has 0 atom stereocenters. The quantitative estimate of drug-likeness (QED) is 0.622. The zero-order chi connectivity index (χ0) is 16.2. The maximum Gasteiger partial charge on any atom is 0.337 e. The summed E-state index contributed by atoms with van der Waals surface area (Å²) in [6.45, 7) is 0. The largest absolute Gasteiger partial charge is 0.465 e. The van der Waals surface area contributed by atoms with Gasteiger partial charge in [-0.15, -0.1) is 10.2 Å². The Kier molecular flexibility index (Phi) is 5.37. The molecule has 1 aromatic carbocycles. The van der Waals surface area contributed by atoms with E-state index in [0.717, 1.165) is 0 Å². The van der Waals surface area contributed by atoms with E-state index in [0.29, 0.717) is 15.5 Å². The number of carbonyl (C=O) groups is 1. The number of rotatable bonds is 6. The minimum absolute atomic E-state index is 0.220. The number of ether oxygens (including phenoxy) is 1. The summed E-state index contributed by atoms with van der Waals surface area (Å²) in [6.07, 6.45) is 1.83. The molecule has 0 saturated carbocycles. The third kappa shape index (κ3) is 4.42. The van der Waals surface area contributed by atoms with Crippen molar-refractivity contribution in [2.75, 3.05) is 18.1 Å². The van der Waals surface area contributed by atoms with Crippen LogP contribution in [-0.4, -0.2) is 38.0 Å². The van der Waals surface area contributed by atoms with Crippen molar-refractivity contribution in [3.63, 3.8) is 0 Å². The van der Waals surface area contributed by atoms with Crippen LogP contribution in [0.15, 0.2) is 28.6 Å². The van der Waals surface area contributed by atoms with Crippen LogP contribution in [-0.2, 0) is 20.5 Å². The molecule has 1 aromatic heterocycles. The van der Waals surface area contributed by atoms with Crippen LogP contribution in [0, 0.1) is 0 Å². The maximum absolute atomic E-state index is 12.1. The second kappa shape index (κ2) is 7.07. The number of hydrogen-bond acceptors (Lipinski definition) is 8. The molecule has 118 valence electrons. The molecule has 0 aliphatic carbocycles. The van der Waals surface area contributed by atoms with Gasteiger partial charge in [-0.2, -0.15) is 0 Å². The summed E-state index contributed by atoms with van der Waals surface area (Å²) in [5.41, 5.74) is 0.917. The Labute approximate surface area is 136 Å². The van der Waals surface area contributed by atoms with Crippen molar-refractivity contribution < 1.29 is 17.9 Å². The lowest BCUT2D eigenvalue weighted by atomic mass is 10.1. The van der Waals surface area contributed by atoms with Gasteiger partial charge in [0.15, 0.2) is 4.34 Å². The lowest BCUT2D eigenvalue weighted by molar-refractivity contribution is 0.0600. The van der Waals surface area contributed by atoms with Gasteiger partial charge in [0, 0.05) is 0 Å². The van der Waals surface area contributed by atoms with E-state index in [4.69, 9.17) is 0 Å². The van der Waals surface area contributed by atoms with Gasteiger partial charge in [0.1, 0.15) is 0 Å².